The van der Waals surface area contributed by atoms with Crippen LogP contribution in [0.4, 0.5) is 11.4 Å². The highest BCUT2D eigenvalue weighted by Crippen LogP contribution is 2.31. The minimum Gasteiger partial charge on any atom is -0.427 e. The molecule has 0 spiro atoms. The smallest absolute Gasteiger partial charge is 0.330 e. The second-order valence-electron chi connectivity index (χ2n) is 9.51. The molecule has 0 aliphatic heterocycles. The molecule has 0 fully saturated rings. The minimum atomic E-state index is -0.989. The SMILES string of the molecule is CC(C)(O)C(C)(C)O[B]c1cccc(Nc2ccc3ccccc3c2C(=N)c2ccccc2)c1. The van der Waals surface area contributed by atoms with Crippen LogP contribution in [0.2, 0.25) is 0 Å². The Bertz CT molecular complexity index is 1310. The number of fused-ring (bicyclic) bond motifs is 1. The Morgan fingerprint density at radius 1 is 0.853 bits per heavy atom. The van der Waals surface area contributed by atoms with E-state index in [0.717, 1.165) is 38.7 Å². The van der Waals surface area contributed by atoms with Crippen LogP contribution in [0.5, 0.6) is 0 Å². The number of benzene rings is 4. The van der Waals surface area contributed by atoms with Gasteiger partial charge in [0.15, 0.2) is 0 Å². The minimum absolute atomic E-state index is 0.470. The Morgan fingerprint density at radius 2 is 1.56 bits per heavy atom. The van der Waals surface area contributed by atoms with E-state index in [9.17, 15) is 5.11 Å². The number of rotatable bonds is 8. The normalized spacial score (nSPS) is 11.9. The molecule has 0 saturated carbocycles. The first-order chi connectivity index (χ1) is 16.2. The fourth-order valence-corrected chi connectivity index (χ4v) is 3.60. The molecule has 4 nitrogen and oxygen atoms in total. The Morgan fingerprint density at radius 3 is 2.29 bits per heavy atom. The lowest BCUT2D eigenvalue weighted by Gasteiger charge is -2.37. The van der Waals surface area contributed by atoms with Crippen LogP contribution in [0.1, 0.15) is 38.8 Å². The van der Waals surface area contributed by atoms with E-state index >= 15 is 0 Å². The van der Waals surface area contributed by atoms with E-state index in [0.29, 0.717) is 5.71 Å². The average molecular weight is 449 g/mol. The van der Waals surface area contributed by atoms with E-state index in [1.165, 1.54) is 0 Å². The summed E-state index contributed by atoms with van der Waals surface area (Å²) in [7, 11) is 1.68. The van der Waals surface area contributed by atoms with Gasteiger partial charge in [-0.15, -0.1) is 0 Å². The van der Waals surface area contributed by atoms with Crippen molar-refractivity contribution >= 4 is 40.8 Å². The second kappa shape index (κ2) is 9.45. The van der Waals surface area contributed by atoms with Gasteiger partial charge in [-0.05, 0) is 56.7 Å². The molecule has 0 bridgehead atoms. The van der Waals surface area contributed by atoms with Crippen LogP contribution in [-0.2, 0) is 4.65 Å². The molecule has 0 aliphatic carbocycles. The maximum absolute atomic E-state index is 10.4. The molecular formula is C29H30BN2O2. The van der Waals surface area contributed by atoms with Gasteiger partial charge in [0, 0.05) is 22.5 Å². The Kier molecular flexibility index (Phi) is 6.60. The average Bonchev–Trinajstić information content (AvgIpc) is 2.82. The number of nitrogens with one attached hydrogen (secondary N) is 2. The van der Waals surface area contributed by atoms with Crippen molar-refractivity contribution in [3.63, 3.8) is 0 Å². The van der Waals surface area contributed by atoms with Crippen molar-refractivity contribution in [2.45, 2.75) is 38.9 Å². The van der Waals surface area contributed by atoms with Crippen molar-refractivity contribution in [3.8, 4) is 0 Å². The molecule has 0 aromatic heterocycles. The van der Waals surface area contributed by atoms with Gasteiger partial charge in [0.25, 0.3) is 0 Å². The van der Waals surface area contributed by atoms with Crippen LogP contribution in [0.15, 0.2) is 91.0 Å². The number of anilines is 2. The molecule has 0 heterocycles. The molecule has 4 rings (SSSR count). The monoisotopic (exact) mass is 449 g/mol. The highest BCUT2D eigenvalue weighted by atomic mass is 16.5. The Balaban J connectivity index is 1.67. The summed E-state index contributed by atoms with van der Waals surface area (Å²) in [4.78, 5) is 0. The summed E-state index contributed by atoms with van der Waals surface area (Å²) >= 11 is 0. The van der Waals surface area contributed by atoms with Gasteiger partial charge in [-0.3, -0.25) is 5.41 Å². The van der Waals surface area contributed by atoms with Gasteiger partial charge in [-0.25, -0.2) is 0 Å². The van der Waals surface area contributed by atoms with E-state index in [4.69, 9.17) is 10.1 Å². The third kappa shape index (κ3) is 5.06. The molecule has 4 aromatic rings. The van der Waals surface area contributed by atoms with Gasteiger partial charge in [-0.1, -0.05) is 78.3 Å². The third-order valence-electron chi connectivity index (χ3n) is 6.37. The molecular weight excluding hydrogens is 419 g/mol. The molecule has 34 heavy (non-hydrogen) atoms. The predicted molar refractivity (Wildman–Crippen MR) is 143 cm³/mol. The van der Waals surface area contributed by atoms with Crippen LogP contribution < -0.4 is 10.8 Å². The molecule has 3 N–H and O–H groups in total. The van der Waals surface area contributed by atoms with E-state index in [1.54, 1.807) is 21.3 Å². The van der Waals surface area contributed by atoms with Gasteiger partial charge in [0.2, 0.25) is 0 Å². The van der Waals surface area contributed by atoms with Crippen LogP contribution in [0.3, 0.4) is 0 Å². The first-order valence-electron chi connectivity index (χ1n) is 11.4. The predicted octanol–water partition coefficient (Wildman–Crippen LogP) is 5.81. The molecule has 0 saturated heterocycles. The van der Waals surface area contributed by atoms with Crippen molar-refractivity contribution in [2.24, 2.45) is 0 Å². The van der Waals surface area contributed by atoms with E-state index in [-0.39, 0.29) is 0 Å². The summed E-state index contributed by atoms with van der Waals surface area (Å²) in [6, 6.07) is 29.9. The zero-order valence-corrected chi connectivity index (χ0v) is 20.1. The van der Waals surface area contributed by atoms with Crippen LogP contribution in [0, 0.1) is 5.41 Å². The van der Waals surface area contributed by atoms with Crippen molar-refractivity contribution in [1.82, 2.24) is 0 Å². The van der Waals surface area contributed by atoms with E-state index < -0.39 is 11.2 Å². The van der Waals surface area contributed by atoms with Gasteiger partial charge in [0.05, 0.1) is 16.9 Å². The molecule has 1 radical (unpaired) electrons. The molecule has 171 valence electrons. The summed E-state index contributed by atoms with van der Waals surface area (Å²) in [6.07, 6.45) is 0. The summed E-state index contributed by atoms with van der Waals surface area (Å²) in [5.41, 5.74) is 3.09. The van der Waals surface area contributed by atoms with Crippen LogP contribution in [0.25, 0.3) is 10.8 Å². The Hall–Kier alpha value is -3.41. The summed E-state index contributed by atoms with van der Waals surface area (Å²) in [6.45, 7) is 7.20. The molecule has 5 heteroatoms. The Labute approximate surface area is 202 Å². The lowest BCUT2D eigenvalue weighted by Crippen LogP contribution is -2.49. The van der Waals surface area contributed by atoms with Gasteiger partial charge in [0.1, 0.15) is 0 Å². The number of hydrogen-bond acceptors (Lipinski definition) is 4. The standard InChI is InChI=1S/C29H30BN2O2/c1-28(2,33)29(3,4)34-30-22-14-10-15-23(19-22)32-25-18-17-20-11-8-9-16-24(20)26(25)27(31)21-12-6-5-7-13-21/h5-19,31-33H,1-4H3. The maximum Gasteiger partial charge on any atom is 0.330 e. The van der Waals surface area contributed by atoms with Crippen LogP contribution in [-0.4, -0.2) is 29.5 Å². The lowest BCUT2D eigenvalue weighted by molar-refractivity contribution is -0.0893. The van der Waals surface area contributed by atoms with Gasteiger partial charge >= 0.3 is 7.48 Å². The second-order valence-corrected chi connectivity index (χ2v) is 9.51. The molecule has 0 amide bonds. The molecule has 0 atom stereocenters. The molecule has 0 unspecified atom stereocenters. The zero-order valence-electron chi connectivity index (χ0n) is 20.1. The summed E-state index contributed by atoms with van der Waals surface area (Å²) in [5.74, 6) is 0. The quantitative estimate of drug-likeness (QED) is 0.235. The fourth-order valence-electron chi connectivity index (χ4n) is 3.60. The largest absolute Gasteiger partial charge is 0.427 e. The number of hydrogen-bond donors (Lipinski definition) is 3. The lowest BCUT2D eigenvalue weighted by atomic mass is 9.82. The fraction of sp³-hybridized carbons (Fsp3) is 0.207. The summed E-state index contributed by atoms with van der Waals surface area (Å²) < 4.78 is 5.93. The molecule has 0 aliphatic rings. The first kappa shape index (κ1) is 23.7. The summed E-state index contributed by atoms with van der Waals surface area (Å²) in [5, 5.41) is 25.0. The van der Waals surface area contributed by atoms with E-state index in [1.807, 2.05) is 86.6 Å². The van der Waals surface area contributed by atoms with Crippen molar-refractivity contribution in [3.05, 3.63) is 102 Å². The first-order valence-corrected chi connectivity index (χ1v) is 11.4. The van der Waals surface area contributed by atoms with Crippen LogP contribution >= 0.6 is 0 Å². The molecule has 4 aromatic carbocycles. The van der Waals surface area contributed by atoms with E-state index in [2.05, 4.69) is 23.5 Å². The zero-order chi connectivity index (χ0) is 24.3. The maximum atomic E-state index is 10.4. The highest BCUT2D eigenvalue weighted by Gasteiger charge is 2.35. The van der Waals surface area contributed by atoms with Crippen molar-refractivity contribution in [2.75, 3.05) is 5.32 Å². The van der Waals surface area contributed by atoms with Gasteiger partial charge in [-0.2, -0.15) is 0 Å². The topological polar surface area (TPSA) is 65.3 Å². The third-order valence-corrected chi connectivity index (χ3v) is 6.37. The number of aliphatic hydroxyl groups is 1. The van der Waals surface area contributed by atoms with Crippen molar-refractivity contribution < 1.29 is 9.76 Å². The van der Waals surface area contributed by atoms with Gasteiger partial charge < -0.3 is 15.1 Å². The highest BCUT2D eigenvalue weighted by molar-refractivity contribution is 6.47. The van der Waals surface area contributed by atoms with Crippen molar-refractivity contribution in [1.29, 1.82) is 5.41 Å².